The van der Waals surface area contributed by atoms with Gasteiger partial charge in [0.25, 0.3) is 0 Å². The highest BCUT2D eigenvalue weighted by atomic mass is 16.5. The molecule has 104 valence electrons. The summed E-state index contributed by atoms with van der Waals surface area (Å²) in [6.07, 6.45) is 3.20. The van der Waals surface area contributed by atoms with Crippen molar-refractivity contribution >= 4 is 0 Å². The standard InChI is InChI=1S/C18H21NO/c1-19-17(11-10-14-6-3-2-4-7-14)16-9-5-8-15-12-13-20-18(15)16/h2-9,17,19H,10-13H2,1H3. The summed E-state index contributed by atoms with van der Waals surface area (Å²) in [4.78, 5) is 0. The van der Waals surface area contributed by atoms with Crippen LogP contribution in [0.1, 0.15) is 29.2 Å². The van der Waals surface area contributed by atoms with Gasteiger partial charge < -0.3 is 10.1 Å². The molecule has 0 saturated heterocycles. The minimum atomic E-state index is 0.350. The van der Waals surface area contributed by atoms with Gasteiger partial charge in [0.1, 0.15) is 5.75 Å². The van der Waals surface area contributed by atoms with Gasteiger partial charge in [-0.05, 0) is 31.0 Å². The summed E-state index contributed by atoms with van der Waals surface area (Å²) in [6.45, 7) is 0.821. The molecule has 1 N–H and O–H groups in total. The van der Waals surface area contributed by atoms with E-state index in [9.17, 15) is 0 Å². The van der Waals surface area contributed by atoms with Crippen molar-refractivity contribution in [3.63, 3.8) is 0 Å². The van der Waals surface area contributed by atoms with Gasteiger partial charge in [-0.3, -0.25) is 0 Å². The summed E-state index contributed by atoms with van der Waals surface area (Å²) >= 11 is 0. The maximum absolute atomic E-state index is 5.82. The first-order valence-corrected chi connectivity index (χ1v) is 7.34. The van der Waals surface area contributed by atoms with E-state index in [1.54, 1.807) is 0 Å². The van der Waals surface area contributed by atoms with Gasteiger partial charge in [-0.15, -0.1) is 0 Å². The number of hydrogen-bond donors (Lipinski definition) is 1. The molecule has 1 unspecified atom stereocenters. The second-order valence-electron chi connectivity index (χ2n) is 5.30. The highest BCUT2D eigenvalue weighted by molar-refractivity contribution is 5.45. The minimum Gasteiger partial charge on any atom is -0.493 e. The molecule has 0 aliphatic carbocycles. The lowest BCUT2D eigenvalue weighted by molar-refractivity contribution is 0.348. The van der Waals surface area contributed by atoms with Crippen molar-refractivity contribution < 1.29 is 4.74 Å². The van der Waals surface area contributed by atoms with Gasteiger partial charge in [-0.1, -0.05) is 48.5 Å². The molecule has 0 saturated carbocycles. The summed E-state index contributed by atoms with van der Waals surface area (Å²) in [5, 5.41) is 3.44. The Morgan fingerprint density at radius 2 is 1.95 bits per heavy atom. The van der Waals surface area contributed by atoms with E-state index < -0.39 is 0 Å². The minimum absolute atomic E-state index is 0.350. The molecular formula is C18H21NO. The molecule has 0 spiro atoms. The zero-order chi connectivity index (χ0) is 13.8. The van der Waals surface area contributed by atoms with Crippen molar-refractivity contribution in [3.05, 3.63) is 65.2 Å². The fourth-order valence-corrected chi connectivity index (χ4v) is 2.93. The Morgan fingerprint density at radius 3 is 2.75 bits per heavy atom. The summed E-state index contributed by atoms with van der Waals surface area (Å²) in [5.74, 6) is 1.11. The molecule has 2 heteroatoms. The second-order valence-corrected chi connectivity index (χ2v) is 5.30. The number of ether oxygens (including phenoxy) is 1. The Balaban J connectivity index is 1.75. The number of nitrogens with one attached hydrogen (secondary N) is 1. The van der Waals surface area contributed by atoms with E-state index in [4.69, 9.17) is 4.74 Å². The Hall–Kier alpha value is -1.80. The smallest absolute Gasteiger partial charge is 0.127 e. The van der Waals surface area contributed by atoms with E-state index >= 15 is 0 Å². The number of benzene rings is 2. The van der Waals surface area contributed by atoms with Crippen molar-refractivity contribution in [1.82, 2.24) is 5.32 Å². The first-order valence-electron chi connectivity index (χ1n) is 7.34. The lowest BCUT2D eigenvalue weighted by Gasteiger charge is -2.19. The fourth-order valence-electron chi connectivity index (χ4n) is 2.93. The monoisotopic (exact) mass is 267 g/mol. The number of fused-ring (bicyclic) bond motifs is 1. The Kier molecular flexibility index (Phi) is 4.03. The van der Waals surface area contributed by atoms with Gasteiger partial charge >= 0.3 is 0 Å². The topological polar surface area (TPSA) is 21.3 Å². The largest absolute Gasteiger partial charge is 0.493 e. The first-order chi connectivity index (χ1) is 9.88. The quantitative estimate of drug-likeness (QED) is 0.895. The summed E-state index contributed by atoms with van der Waals surface area (Å²) in [7, 11) is 2.03. The Bertz CT molecular complexity index is 565. The van der Waals surface area contributed by atoms with Crippen LogP contribution in [0.25, 0.3) is 0 Å². The molecule has 0 bridgehead atoms. The number of aryl methyl sites for hydroxylation is 1. The highest BCUT2D eigenvalue weighted by Gasteiger charge is 2.20. The van der Waals surface area contributed by atoms with Gasteiger partial charge in [-0.2, -0.15) is 0 Å². The van der Waals surface area contributed by atoms with Gasteiger partial charge in [0, 0.05) is 18.0 Å². The van der Waals surface area contributed by atoms with Crippen LogP contribution in [0.5, 0.6) is 5.75 Å². The molecule has 2 nitrogen and oxygen atoms in total. The number of para-hydroxylation sites is 1. The molecule has 0 radical (unpaired) electrons. The SMILES string of the molecule is CNC(CCc1ccccc1)c1cccc2c1OCC2. The fraction of sp³-hybridized carbons (Fsp3) is 0.333. The second kappa shape index (κ2) is 6.10. The maximum Gasteiger partial charge on any atom is 0.127 e. The molecule has 2 aromatic rings. The predicted octanol–water partition coefficient (Wildman–Crippen LogP) is 3.51. The van der Waals surface area contributed by atoms with Crippen LogP contribution in [0.15, 0.2) is 48.5 Å². The van der Waals surface area contributed by atoms with E-state index in [1.165, 1.54) is 16.7 Å². The van der Waals surface area contributed by atoms with Crippen LogP contribution in [0, 0.1) is 0 Å². The van der Waals surface area contributed by atoms with Crippen molar-refractivity contribution in [3.8, 4) is 5.75 Å². The zero-order valence-corrected chi connectivity index (χ0v) is 11.9. The zero-order valence-electron chi connectivity index (χ0n) is 11.9. The predicted molar refractivity (Wildman–Crippen MR) is 82.2 cm³/mol. The van der Waals surface area contributed by atoms with Crippen LogP contribution in [-0.2, 0) is 12.8 Å². The normalized spacial score (nSPS) is 14.7. The lowest BCUT2D eigenvalue weighted by atomic mass is 9.96. The molecule has 1 heterocycles. The number of hydrogen-bond acceptors (Lipinski definition) is 2. The van der Waals surface area contributed by atoms with Crippen molar-refractivity contribution in [2.75, 3.05) is 13.7 Å². The van der Waals surface area contributed by atoms with Crippen LogP contribution >= 0.6 is 0 Å². The molecule has 1 atom stereocenters. The van der Waals surface area contributed by atoms with E-state index in [0.717, 1.165) is 31.6 Å². The van der Waals surface area contributed by atoms with Crippen molar-refractivity contribution in [2.45, 2.75) is 25.3 Å². The van der Waals surface area contributed by atoms with E-state index in [2.05, 4.69) is 53.8 Å². The molecule has 20 heavy (non-hydrogen) atoms. The average Bonchev–Trinajstić information content (AvgIpc) is 2.98. The summed E-state index contributed by atoms with van der Waals surface area (Å²) in [6, 6.07) is 17.5. The molecule has 2 aromatic carbocycles. The van der Waals surface area contributed by atoms with Crippen molar-refractivity contribution in [1.29, 1.82) is 0 Å². The van der Waals surface area contributed by atoms with Crippen LogP contribution in [0.4, 0.5) is 0 Å². The van der Waals surface area contributed by atoms with Crippen LogP contribution in [-0.4, -0.2) is 13.7 Å². The molecule has 0 amide bonds. The summed E-state index contributed by atoms with van der Waals surface area (Å²) < 4.78 is 5.82. The third-order valence-corrected chi connectivity index (χ3v) is 4.03. The molecule has 1 aliphatic heterocycles. The van der Waals surface area contributed by atoms with E-state index in [0.29, 0.717) is 6.04 Å². The van der Waals surface area contributed by atoms with Crippen molar-refractivity contribution in [2.24, 2.45) is 0 Å². The molecule has 1 aliphatic rings. The maximum atomic E-state index is 5.82. The highest BCUT2D eigenvalue weighted by Crippen LogP contribution is 2.34. The lowest BCUT2D eigenvalue weighted by Crippen LogP contribution is -2.18. The first kappa shape index (κ1) is 13.2. The van der Waals surface area contributed by atoms with E-state index in [1.807, 2.05) is 7.05 Å². The third kappa shape index (κ3) is 2.70. The molecule has 0 fully saturated rings. The van der Waals surface area contributed by atoms with Gasteiger partial charge in [-0.25, -0.2) is 0 Å². The van der Waals surface area contributed by atoms with E-state index in [-0.39, 0.29) is 0 Å². The van der Waals surface area contributed by atoms with Gasteiger partial charge in [0.15, 0.2) is 0 Å². The average molecular weight is 267 g/mol. The van der Waals surface area contributed by atoms with Crippen LogP contribution < -0.4 is 10.1 Å². The van der Waals surface area contributed by atoms with Gasteiger partial charge in [0.2, 0.25) is 0 Å². The molecular weight excluding hydrogens is 246 g/mol. The van der Waals surface area contributed by atoms with Crippen LogP contribution in [0.2, 0.25) is 0 Å². The summed E-state index contributed by atoms with van der Waals surface area (Å²) in [5.41, 5.74) is 4.04. The third-order valence-electron chi connectivity index (χ3n) is 4.03. The Labute approximate surface area is 120 Å². The molecule has 0 aromatic heterocycles. The number of rotatable bonds is 5. The van der Waals surface area contributed by atoms with Gasteiger partial charge in [0.05, 0.1) is 6.61 Å². The Morgan fingerprint density at radius 1 is 1.10 bits per heavy atom. The molecule has 3 rings (SSSR count). The van der Waals surface area contributed by atoms with Crippen LogP contribution in [0.3, 0.4) is 0 Å².